The molecule has 0 amide bonds. The number of piperazine rings is 1. The lowest BCUT2D eigenvalue weighted by atomic mass is 9.83. The molecule has 2 bridgehead atoms. The summed E-state index contributed by atoms with van der Waals surface area (Å²) in [5, 5.41) is 11.4. The maximum absolute atomic E-state index is 11.4. The minimum atomic E-state index is -0.762. The molecule has 0 spiro atoms. The Balaban J connectivity index is 1.40. The van der Waals surface area contributed by atoms with Crippen LogP contribution in [0.4, 0.5) is 0 Å². The lowest BCUT2D eigenvalue weighted by molar-refractivity contribution is -0.0741. The van der Waals surface area contributed by atoms with Crippen LogP contribution in [0.15, 0.2) is 12.4 Å². The highest BCUT2D eigenvalue weighted by molar-refractivity contribution is 5.12. The summed E-state index contributed by atoms with van der Waals surface area (Å²) in [6, 6.07) is 0.967. The number of fused-ring (bicyclic) bond motifs is 2. The molecule has 4 rings (SSSR count). The first-order chi connectivity index (χ1) is 12.8. The normalized spacial score (nSPS) is 33.7. The van der Waals surface area contributed by atoms with Gasteiger partial charge in [0, 0.05) is 70.8 Å². The number of aliphatic hydroxyl groups is 1. The molecule has 3 aliphatic heterocycles. The van der Waals surface area contributed by atoms with Gasteiger partial charge in [-0.3, -0.25) is 4.90 Å². The Morgan fingerprint density at radius 2 is 1.70 bits per heavy atom. The summed E-state index contributed by atoms with van der Waals surface area (Å²) >= 11 is 0. The lowest BCUT2D eigenvalue weighted by Gasteiger charge is -2.47. The molecule has 0 saturated carbocycles. The monoisotopic (exact) mass is 375 g/mol. The van der Waals surface area contributed by atoms with Crippen molar-refractivity contribution < 1.29 is 5.11 Å². The zero-order valence-corrected chi connectivity index (χ0v) is 17.6. The summed E-state index contributed by atoms with van der Waals surface area (Å²) in [5.41, 5.74) is -0.488. The van der Waals surface area contributed by atoms with Gasteiger partial charge in [0.05, 0.1) is 0 Å². The van der Waals surface area contributed by atoms with Crippen molar-refractivity contribution in [2.45, 2.75) is 57.2 Å². The van der Waals surface area contributed by atoms with Crippen LogP contribution in [0.3, 0.4) is 0 Å². The molecule has 27 heavy (non-hydrogen) atoms. The highest BCUT2D eigenvalue weighted by atomic mass is 16.3. The number of nitrogens with zero attached hydrogens (tertiary/aromatic N) is 5. The van der Waals surface area contributed by atoms with Crippen molar-refractivity contribution in [1.82, 2.24) is 24.3 Å². The summed E-state index contributed by atoms with van der Waals surface area (Å²) in [6.07, 6.45) is 7.81. The molecule has 3 fully saturated rings. The van der Waals surface area contributed by atoms with Crippen LogP contribution >= 0.6 is 0 Å². The van der Waals surface area contributed by atoms with Crippen molar-refractivity contribution in [1.29, 1.82) is 0 Å². The fourth-order valence-electron chi connectivity index (χ4n) is 5.73. The van der Waals surface area contributed by atoms with Crippen molar-refractivity contribution in [2.24, 2.45) is 12.5 Å². The highest BCUT2D eigenvalue weighted by Crippen LogP contribution is 2.46. The first-order valence-corrected chi connectivity index (χ1v) is 10.6. The van der Waals surface area contributed by atoms with Gasteiger partial charge in [0.2, 0.25) is 0 Å². The van der Waals surface area contributed by atoms with Crippen LogP contribution in [-0.2, 0) is 12.6 Å². The average molecular weight is 376 g/mol. The van der Waals surface area contributed by atoms with E-state index in [4.69, 9.17) is 0 Å². The maximum Gasteiger partial charge on any atom is 0.140 e. The van der Waals surface area contributed by atoms with E-state index in [1.807, 2.05) is 17.8 Å². The van der Waals surface area contributed by atoms with Crippen LogP contribution in [0, 0.1) is 5.41 Å². The summed E-state index contributed by atoms with van der Waals surface area (Å²) in [4.78, 5) is 12.2. The predicted octanol–water partition coefficient (Wildman–Crippen LogP) is 1.51. The topological polar surface area (TPSA) is 47.8 Å². The van der Waals surface area contributed by atoms with Gasteiger partial charge < -0.3 is 19.5 Å². The number of rotatable bonds is 5. The second-order valence-corrected chi connectivity index (χ2v) is 10.1. The van der Waals surface area contributed by atoms with Crippen molar-refractivity contribution in [3.05, 3.63) is 18.2 Å². The van der Waals surface area contributed by atoms with Gasteiger partial charge in [-0.2, -0.15) is 0 Å². The van der Waals surface area contributed by atoms with Crippen LogP contribution in [0.2, 0.25) is 0 Å². The second kappa shape index (κ2) is 7.14. The fraction of sp³-hybridized carbons (Fsp3) is 0.857. The highest BCUT2D eigenvalue weighted by Gasteiger charge is 2.50. The van der Waals surface area contributed by atoms with Gasteiger partial charge in [-0.1, -0.05) is 13.8 Å². The Kier molecular flexibility index (Phi) is 5.12. The molecule has 4 heterocycles. The van der Waals surface area contributed by atoms with E-state index >= 15 is 0 Å². The molecule has 6 heteroatoms. The standard InChI is InChI=1S/C21H37N5O/c1-20(2,15-25-11-9-23(3)10-12-25)16-26-17-5-6-18(26)14-21(27,13-17)19-22-7-8-24(19)4/h7-8,17-18,27H,5-6,9-16H2,1-4H3/t17-,18-/m0/s1. The Morgan fingerprint density at radius 3 is 2.26 bits per heavy atom. The summed E-state index contributed by atoms with van der Waals surface area (Å²) in [7, 11) is 4.21. The van der Waals surface area contributed by atoms with Crippen molar-refractivity contribution in [2.75, 3.05) is 46.3 Å². The lowest BCUT2D eigenvalue weighted by Crippen LogP contribution is -2.55. The van der Waals surface area contributed by atoms with Crippen LogP contribution in [0.25, 0.3) is 0 Å². The molecular weight excluding hydrogens is 338 g/mol. The largest absolute Gasteiger partial charge is 0.382 e. The summed E-state index contributed by atoms with van der Waals surface area (Å²) in [6.45, 7) is 11.9. The Morgan fingerprint density at radius 1 is 1.07 bits per heavy atom. The van der Waals surface area contributed by atoms with Crippen LogP contribution < -0.4 is 0 Å². The van der Waals surface area contributed by atoms with E-state index in [9.17, 15) is 5.11 Å². The molecule has 152 valence electrons. The van der Waals surface area contributed by atoms with Gasteiger partial charge in [-0.25, -0.2) is 4.98 Å². The van der Waals surface area contributed by atoms with Crippen molar-refractivity contribution >= 4 is 0 Å². The molecule has 0 radical (unpaired) electrons. The predicted molar refractivity (Wildman–Crippen MR) is 108 cm³/mol. The van der Waals surface area contributed by atoms with Crippen LogP contribution in [0.1, 0.15) is 45.4 Å². The zero-order chi connectivity index (χ0) is 19.2. The SMILES string of the molecule is CN1CCN(CC(C)(C)CN2[C@H]3CC[C@H]2CC(O)(c2nccn2C)C3)CC1. The van der Waals surface area contributed by atoms with E-state index in [1.165, 1.54) is 45.6 Å². The van der Waals surface area contributed by atoms with E-state index in [1.54, 1.807) is 6.20 Å². The third kappa shape index (κ3) is 3.95. The molecule has 3 aliphatic rings. The molecular formula is C21H37N5O. The average Bonchev–Trinajstić information content (AvgIpc) is 3.12. The van der Waals surface area contributed by atoms with Gasteiger partial charge in [-0.05, 0) is 38.1 Å². The van der Waals surface area contributed by atoms with E-state index in [-0.39, 0.29) is 5.41 Å². The molecule has 1 aromatic rings. The molecule has 1 aromatic heterocycles. The summed E-state index contributed by atoms with van der Waals surface area (Å²) in [5.74, 6) is 0.843. The molecule has 1 N–H and O–H groups in total. The van der Waals surface area contributed by atoms with Crippen LogP contribution in [0.5, 0.6) is 0 Å². The minimum Gasteiger partial charge on any atom is -0.382 e. The van der Waals surface area contributed by atoms with Crippen molar-refractivity contribution in [3.8, 4) is 0 Å². The first-order valence-electron chi connectivity index (χ1n) is 10.6. The molecule has 6 nitrogen and oxygen atoms in total. The van der Waals surface area contributed by atoms with Crippen molar-refractivity contribution in [3.63, 3.8) is 0 Å². The number of imidazole rings is 1. The molecule has 0 unspecified atom stereocenters. The van der Waals surface area contributed by atoms with E-state index in [2.05, 4.69) is 40.6 Å². The van der Waals surface area contributed by atoms with Gasteiger partial charge >= 0.3 is 0 Å². The van der Waals surface area contributed by atoms with E-state index < -0.39 is 5.60 Å². The minimum absolute atomic E-state index is 0.273. The van der Waals surface area contributed by atoms with Gasteiger partial charge in [0.25, 0.3) is 0 Å². The Hall–Kier alpha value is -0.950. The third-order valence-electron chi connectivity index (χ3n) is 7.01. The van der Waals surface area contributed by atoms with Gasteiger partial charge in [0.15, 0.2) is 0 Å². The fourth-order valence-corrected chi connectivity index (χ4v) is 5.73. The van der Waals surface area contributed by atoms with Gasteiger partial charge in [0.1, 0.15) is 11.4 Å². The van der Waals surface area contributed by atoms with Crippen LogP contribution in [-0.4, -0.2) is 87.8 Å². The Bertz CT molecular complexity index is 635. The van der Waals surface area contributed by atoms with Gasteiger partial charge in [-0.15, -0.1) is 0 Å². The molecule has 3 saturated heterocycles. The third-order valence-corrected chi connectivity index (χ3v) is 7.01. The molecule has 0 aliphatic carbocycles. The second-order valence-electron chi connectivity index (χ2n) is 10.1. The smallest absolute Gasteiger partial charge is 0.140 e. The molecule has 2 atom stereocenters. The number of hydrogen-bond donors (Lipinski definition) is 1. The number of hydrogen-bond acceptors (Lipinski definition) is 5. The zero-order valence-electron chi connectivity index (χ0n) is 17.6. The number of aromatic nitrogens is 2. The summed E-state index contributed by atoms with van der Waals surface area (Å²) < 4.78 is 1.99. The number of aryl methyl sites for hydroxylation is 1. The number of piperidine rings is 1. The Labute approximate surface area is 164 Å². The van der Waals surface area contributed by atoms with E-state index in [0.29, 0.717) is 12.1 Å². The molecule has 0 aromatic carbocycles. The first kappa shape index (κ1) is 19.4. The number of likely N-dealkylation sites (N-methyl/N-ethyl adjacent to an activating group) is 1. The quantitative estimate of drug-likeness (QED) is 0.845. The van der Waals surface area contributed by atoms with E-state index in [0.717, 1.165) is 25.2 Å². The maximum atomic E-state index is 11.4.